The highest BCUT2D eigenvalue weighted by Gasteiger charge is 2.23. The molecule has 4 aromatic rings. The third-order valence-corrected chi connectivity index (χ3v) is 10.9. The van der Waals surface area contributed by atoms with Crippen molar-refractivity contribution in [3.05, 3.63) is 130 Å². The molecule has 8 heteroatoms. The first-order chi connectivity index (χ1) is 26.2. The lowest BCUT2D eigenvalue weighted by molar-refractivity contribution is 0.0724. The van der Waals surface area contributed by atoms with Crippen LogP contribution in [0.2, 0.25) is 0 Å². The molecule has 0 N–H and O–H groups in total. The van der Waals surface area contributed by atoms with Crippen LogP contribution in [0.25, 0.3) is 0 Å². The van der Waals surface area contributed by atoms with E-state index in [9.17, 15) is 18.4 Å². The Kier molecular flexibility index (Phi) is 14.5. The molecule has 2 aliphatic carbocycles. The van der Waals surface area contributed by atoms with Gasteiger partial charge in [-0.25, -0.2) is 18.4 Å². The van der Waals surface area contributed by atoms with E-state index in [1.807, 2.05) is 24.3 Å². The van der Waals surface area contributed by atoms with Crippen molar-refractivity contribution in [3.8, 4) is 23.6 Å². The van der Waals surface area contributed by atoms with Crippen molar-refractivity contribution in [1.29, 1.82) is 10.5 Å². The van der Waals surface area contributed by atoms with E-state index in [4.69, 9.17) is 20.0 Å². The lowest BCUT2D eigenvalue weighted by Gasteiger charge is -2.28. The molecule has 54 heavy (non-hydrogen) atoms. The van der Waals surface area contributed by atoms with Gasteiger partial charge in [-0.1, -0.05) is 63.8 Å². The summed E-state index contributed by atoms with van der Waals surface area (Å²) in [5, 5.41) is 17.5. The molecule has 0 saturated heterocycles. The molecular weight excluding hydrogens is 683 g/mol. The maximum absolute atomic E-state index is 13.6. The Morgan fingerprint density at radius 1 is 0.574 bits per heavy atom. The number of benzene rings is 4. The lowest BCUT2D eigenvalue weighted by atomic mass is 9.77. The second-order valence-corrected chi connectivity index (χ2v) is 14.5. The molecule has 0 heterocycles. The van der Waals surface area contributed by atoms with Gasteiger partial charge < -0.3 is 9.47 Å². The number of ether oxygens (including phenoxy) is 2. The van der Waals surface area contributed by atoms with Gasteiger partial charge in [0.2, 0.25) is 0 Å². The monoisotopic (exact) mass is 730 g/mol. The molecule has 0 bridgehead atoms. The van der Waals surface area contributed by atoms with Gasteiger partial charge in [0, 0.05) is 12.1 Å². The van der Waals surface area contributed by atoms with Crippen molar-refractivity contribution in [2.45, 2.75) is 103 Å². The highest BCUT2D eigenvalue weighted by molar-refractivity contribution is 5.91. The number of halogens is 2. The van der Waals surface area contributed by atoms with E-state index in [2.05, 4.69) is 13.8 Å². The zero-order valence-corrected chi connectivity index (χ0v) is 31.2. The Labute approximate surface area is 317 Å². The predicted octanol–water partition coefficient (Wildman–Crippen LogP) is 12.0. The van der Waals surface area contributed by atoms with Crippen LogP contribution in [0.15, 0.2) is 84.9 Å². The maximum atomic E-state index is 13.6. The fourth-order valence-corrected chi connectivity index (χ4v) is 7.80. The average molecular weight is 731 g/mol. The quantitative estimate of drug-likeness (QED) is 0.119. The Morgan fingerprint density at radius 2 is 0.926 bits per heavy atom. The van der Waals surface area contributed by atoms with Crippen LogP contribution in [0, 0.1) is 46.1 Å². The van der Waals surface area contributed by atoms with Crippen LogP contribution in [0.3, 0.4) is 0 Å². The summed E-state index contributed by atoms with van der Waals surface area (Å²) < 4.78 is 37.7. The second-order valence-electron chi connectivity index (χ2n) is 14.5. The molecule has 6 nitrogen and oxygen atoms in total. The first kappa shape index (κ1) is 39.9. The minimum Gasteiger partial charge on any atom is -0.423 e. The normalized spacial score (nSPS) is 19.3. The summed E-state index contributed by atoms with van der Waals surface area (Å²) in [6.45, 7) is 4.49. The molecule has 0 aromatic heterocycles. The third kappa shape index (κ3) is 10.9. The van der Waals surface area contributed by atoms with Gasteiger partial charge in [-0.3, -0.25) is 0 Å². The van der Waals surface area contributed by atoms with Crippen molar-refractivity contribution >= 4 is 11.9 Å². The molecule has 2 aliphatic rings. The van der Waals surface area contributed by atoms with E-state index in [0.717, 1.165) is 24.0 Å². The van der Waals surface area contributed by atoms with Crippen LogP contribution in [0.4, 0.5) is 8.78 Å². The van der Waals surface area contributed by atoms with Gasteiger partial charge in [0.1, 0.15) is 35.3 Å². The Bertz CT molecular complexity index is 1800. The van der Waals surface area contributed by atoms with Gasteiger partial charge in [-0.05, 0) is 135 Å². The summed E-state index contributed by atoms with van der Waals surface area (Å²) in [5.41, 5.74) is 3.25. The number of esters is 2. The topological polar surface area (TPSA) is 100 Å². The first-order valence-electron chi connectivity index (χ1n) is 19.2. The SMILES string of the molecule is CCCC1CCC(c2ccc(C(=O)Oc3ccc(C#N)c(F)c3)cc2)CC1.CCCC1CCC(c2ccc(C(=O)Oc3ccc(C#N)c(F)c3)cc2)CC1. The van der Waals surface area contributed by atoms with Crippen molar-refractivity contribution in [3.63, 3.8) is 0 Å². The van der Waals surface area contributed by atoms with Gasteiger partial charge >= 0.3 is 11.9 Å². The van der Waals surface area contributed by atoms with E-state index < -0.39 is 23.6 Å². The number of nitrogens with zero attached hydrogens (tertiary/aromatic N) is 2. The van der Waals surface area contributed by atoms with Crippen molar-refractivity contribution in [2.75, 3.05) is 0 Å². The third-order valence-electron chi connectivity index (χ3n) is 10.9. The summed E-state index contributed by atoms with van der Waals surface area (Å²) in [6.07, 6.45) is 15.1. The molecule has 0 radical (unpaired) electrons. The zero-order chi connectivity index (χ0) is 38.5. The zero-order valence-electron chi connectivity index (χ0n) is 31.2. The minimum absolute atomic E-state index is 0.0761. The van der Waals surface area contributed by atoms with Crippen LogP contribution in [0.5, 0.6) is 11.5 Å². The number of carbonyl (C=O) groups excluding carboxylic acids is 2. The molecular formula is C46H48F2N2O4. The average Bonchev–Trinajstić information content (AvgIpc) is 3.19. The lowest BCUT2D eigenvalue weighted by Crippen LogP contribution is -2.13. The molecule has 6 rings (SSSR count). The van der Waals surface area contributed by atoms with Gasteiger partial charge in [-0.2, -0.15) is 10.5 Å². The molecule has 280 valence electrons. The molecule has 0 atom stereocenters. The standard InChI is InChI=1S/2C23H24FNO2/c2*1-2-3-16-4-6-17(7-5-16)18-8-10-19(11-9-18)23(26)27-21-13-12-20(15-25)22(24)14-21/h2*8-14,16-17H,2-7H2,1H3. The van der Waals surface area contributed by atoms with Crippen molar-refractivity contribution in [2.24, 2.45) is 11.8 Å². The Hall–Kier alpha value is -5.34. The molecule has 0 spiro atoms. The van der Waals surface area contributed by atoms with Gasteiger partial charge in [0.25, 0.3) is 0 Å². The molecule has 0 aliphatic heterocycles. The Balaban J connectivity index is 0.000000208. The van der Waals surface area contributed by atoms with E-state index >= 15 is 0 Å². The number of carbonyl (C=O) groups is 2. The van der Waals surface area contributed by atoms with Crippen molar-refractivity contribution in [1.82, 2.24) is 0 Å². The van der Waals surface area contributed by atoms with E-state index in [1.165, 1.54) is 112 Å². The summed E-state index contributed by atoms with van der Waals surface area (Å²) in [7, 11) is 0. The molecule has 0 amide bonds. The van der Waals surface area contributed by atoms with Crippen LogP contribution < -0.4 is 9.47 Å². The second kappa shape index (κ2) is 19.7. The van der Waals surface area contributed by atoms with Crippen LogP contribution in [-0.2, 0) is 0 Å². The fourth-order valence-electron chi connectivity index (χ4n) is 7.80. The van der Waals surface area contributed by atoms with E-state index in [1.54, 1.807) is 36.4 Å². The molecule has 0 unspecified atom stereocenters. The fraction of sp³-hybridized carbons (Fsp3) is 0.391. The van der Waals surface area contributed by atoms with E-state index in [-0.39, 0.29) is 22.6 Å². The van der Waals surface area contributed by atoms with E-state index in [0.29, 0.717) is 23.0 Å². The number of rotatable bonds is 10. The van der Waals surface area contributed by atoms with Gasteiger partial charge in [0.15, 0.2) is 0 Å². The summed E-state index contributed by atoms with van der Waals surface area (Å²) in [4.78, 5) is 24.5. The van der Waals surface area contributed by atoms with Gasteiger partial charge in [0.05, 0.1) is 22.3 Å². The number of hydrogen-bond donors (Lipinski definition) is 0. The van der Waals surface area contributed by atoms with Crippen LogP contribution in [0.1, 0.15) is 146 Å². The number of hydrogen-bond acceptors (Lipinski definition) is 6. The summed E-state index contributed by atoms with van der Waals surface area (Å²) >= 11 is 0. The molecule has 4 aromatic carbocycles. The summed E-state index contributed by atoms with van der Waals surface area (Å²) in [6, 6.07) is 26.1. The molecule has 2 saturated carbocycles. The van der Waals surface area contributed by atoms with Crippen LogP contribution >= 0.6 is 0 Å². The first-order valence-corrected chi connectivity index (χ1v) is 19.2. The smallest absolute Gasteiger partial charge is 0.343 e. The van der Waals surface area contributed by atoms with Crippen LogP contribution in [-0.4, -0.2) is 11.9 Å². The van der Waals surface area contributed by atoms with Crippen molar-refractivity contribution < 1.29 is 27.8 Å². The number of nitriles is 2. The highest BCUT2D eigenvalue weighted by Crippen LogP contribution is 2.38. The van der Waals surface area contributed by atoms with Gasteiger partial charge in [-0.15, -0.1) is 0 Å². The maximum Gasteiger partial charge on any atom is 0.343 e. The summed E-state index contributed by atoms with van der Waals surface area (Å²) in [5.74, 6) is 0.598. The largest absolute Gasteiger partial charge is 0.423 e. The minimum atomic E-state index is -0.697. The predicted molar refractivity (Wildman–Crippen MR) is 204 cm³/mol. The molecule has 2 fully saturated rings. The highest BCUT2D eigenvalue weighted by atomic mass is 19.1. The Morgan fingerprint density at radius 3 is 1.22 bits per heavy atom.